The van der Waals surface area contributed by atoms with Crippen molar-refractivity contribution in [3.63, 3.8) is 0 Å². The van der Waals surface area contributed by atoms with Crippen LogP contribution in [-0.2, 0) is 22.1 Å². The summed E-state index contributed by atoms with van der Waals surface area (Å²) in [5.41, 5.74) is 2.07. The van der Waals surface area contributed by atoms with E-state index in [-0.39, 0.29) is 24.2 Å². The fourth-order valence-corrected chi connectivity index (χ4v) is 5.75. The molecule has 4 heterocycles. The summed E-state index contributed by atoms with van der Waals surface area (Å²) in [6.45, 7) is 8.36. The zero-order valence-electron chi connectivity index (χ0n) is 23.0. The Balaban J connectivity index is 1.25. The zero-order chi connectivity index (χ0) is 28.1. The highest BCUT2D eigenvalue weighted by atomic mass is 19.4. The van der Waals surface area contributed by atoms with Crippen LogP contribution in [0.4, 0.5) is 36.3 Å². The fraction of sp³-hybridized carbons (Fsp3) is 0.607. The van der Waals surface area contributed by atoms with Crippen molar-refractivity contribution in [2.75, 3.05) is 74.6 Å². The van der Waals surface area contributed by atoms with E-state index in [1.54, 1.807) is 4.90 Å². The predicted molar refractivity (Wildman–Crippen MR) is 148 cm³/mol. The van der Waals surface area contributed by atoms with Crippen LogP contribution in [0.15, 0.2) is 24.4 Å². The summed E-state index contributed by atoms with van der Waals surface area (Å²) >= 11 is 0. The van der Waals surface area contributed by atoms with Crippen molar-refractivity contribution in [3.8, 4) is 0 Å². The summed E-state index contributed by atoms with van der Waals surface area (Å²) in [6, 6.07) is 6.79. The minimum absolute atomic E-state index is 0.000505. The minimum Gasteiger partial charge on any atom is -0.379 e. The van der Waals surface area contributed by atoms with Crippen LogP contribution >= 0.6 is 0 Å². The third-order valence-electron chi connectivity index (χ3n) is 7.98. The SMILES string of the molecule is CCc1cc(N2CCN3CCC[C@H]3C2)ccc1Nc1ncc(C(F)(F)F)c(NCCCN2CCOCCC2=O)n1. The second kappa shape index (κ2) is 12.6. The highest BCUT2D eigenvalue weighted by molar-refractivity contribution is 5.76. The highest BCUT2D eigenvalue weighted by Gasteiger charge is 2.35. The Bertz CT molecular complexity index is 1180. The first-order valence-corrected chi connectivity index (χ1v) is 14.2. The molecule has 0 bridgehead atoms. The van der Waals surface area contributed by atoms with Gasteiger partial charge in [-0.2, -0.15) is 18.2 Å². The molecule has 0 radical (unpaired) electrons. The number of halogens is 3. The fourth-order valence-electron chi connectivity index (χ4n) is 5.75. The second-order valence-corrected chi connectivity index (χ2v) is 10.6. The van der Waals surface area contributed by atoms with Crippen molar-refractivity contribution in [2.24, 2.45) is 0 Å². The molecule has 0 unspecified atom stereocenters. The molecule has 0 aliphatic carbocycles. The Morgan fingerprint density at radius 1 is 1.15 bits per heavy atom. The van der Waals surface area contributed by atoms with Gasteiger partial charge in [0.05, 0.1) is 19.6 Å². The van der Waals surface area contributed by atoms with Gasteiger partial charge in [0.2, 0.25) is 11.9 Å². The molecular formula is C28H38F3N7O2. The number of carbonyl (C=O) groups excluding carboxylic acids is 1. The topological polar surface area (TPSA) is 85.9 Å². The largest absolute Gasteiger partial charge is 0.421 e. The number of hydrogen-bond acceptors (Lipinski definition) is 8. The Kier molecular flexibility index (Phi) is 8.94. The van der Waals surface area contributed by atoms with E-state index in [0.717, 1.165) is 43.5 Å². The number of aryl methyl sites for hydroxylation is 1. The highest BCUT2D eigenvalue weighted by Crippen LogP contribution is 2.35. The van der Waals surface area contributed by atoms with Gasteiger partial charge in [-0.25, -0.2) is 4.98 Å². The lowest BCUT2D eigenvalue weighted by Crippen LogP contribution is -2.50. The molecule has 0 spiro atoms. The molecule has 40 heavy (non-hydrogen) atoms. The van der Waals surface area contributed by atoms with E-state index in [1.807, 2.05) is 6.07 Å². The Morgan fingerprint density at radius 2 is 2.02 bits per heavy atom. The average Bonchev–Trinajstić information content (AvgIpc) is 3.32. The number of piperazine rings is 1. The van der Waals surface area contributed by atoms with Gasteiger partial charge in [0.15, 0.2) is 0 Å². The van der Waals surface area contributed by atoms with Gasteiger partial charge in [-0.1, -0.05) is 6.92 Å². The van der Waals surface area contributed by atoms with Gasteiger partial charge in [-0.15, -0.1) is 0 Å². The van der Waals surface area contributed by atoms with Crippen LogP contribution in [0.1, 0.15) is 43.7 Å². The maximum Gasteiger partial charge on any atom is 0.421 e. The first-order valence-electron chi connectivity index (χ1n) is 14.2. The molecule has 1 aromatic heterocycles. The van der Waals surface area contributed by atoms with Crippen LogP contribution in [0.2, 0.25) is 0 Å². The van der Waals surface area contributed by atoms with Crippen LogP contribution < -0.4 is 15.5 Å². The van der Waals surface area contributed by atoms with Crippen molar-refractivity contribution < 1.29 is 22.7 Å². The van der Waals surface area contributed by atoms with Crippen molar-refractivity contribution in [1.82, 2.24) is 19.8 Å². The number of anilines is 4. The van der Waals surface area contributed by atoms with Gasteiger partial charge in [0.25, 0.3) is 0 Å². The van der Waals surface area contributed by atoms with Gasteiger partial charge in [0, 0.05) is 62.9 Å². The van der Waals surface area contributed by atoms with Gasteiger partial charge in [0.1, 0.15) is 11.4 Å². The third kappa shape index (κ3) is 6.77. The molecule has 3 fully saturated rings. The van der Waals surface area contributed by atoms with Gasteiger partial charge >= 0.3 is 6.18 Å². The van der Waals surface area contributed by atoms with Gasteiger partial charge < -0.3 is 25.2 Å². The van der Waals surface area contributed by atoms with E-state index in [0.29, 0.717) is 45.2 Å². The van der Waals surface area contributed by atoms with Gasteiger partial charge in [-0.3, -0.25) is 9.69 Å². The van der Waals surface area contributed by atoms with E-state index in [4.69, 9.17) is 4.74 Å². The van der Waals surface area contributed by atoms with Crippen molar-refractivity contribution in [3.05, 3.63) is 35.5 Å². The Morgan fingerprint density at radius 3 is 2.85 bits per heavy atom. The van der Waals surface area contributed by atoms with E-state index >= 15 is 0 Å². The summed E-state index contributed by atoms with van der Waals surface area (Å²) in [6.07, 6.45) is 0.276. The maximum atomic E-state index is 13.7. The van der Waals surface area contributed by atoms with E-state index in [2.05, 4.69) is 49.5 Å². The van der Waals surface area contributed by atoms with Crippen LogP contribution in [0.3, 0.4) is 0 Å². The van der Waals surface area contributed by atoms with E-state index < -0.39 is 11.7 Å². The molecular weight excluding hydrogens is 523 g/mol. The molecule has 2 aromatic rings. The molecule has 3 aliphatic heterocycles. The zero-order valence-corrected chi connectivity index (χ0v) is 23.0. The number of rotatable bonds is 9. The standard InChI is InChI=1S/C28H38F3N7O2/c1-2-20-17-21(38-13-12-36-10-3-5-22(36)19-38)6-7-24(20)34-27-33-18-23(28(29,30)31)26(35-27)32-9-4-11-37-14-16-40-15-8-25(37)39/h6-7,17-18,22H,2-5,8-16,19H2,1H3,(H2,32,33,34,35)/t22-/m0/s1. The van der Waals surface area contributed by atoms with Gasteiger partial charge in [-0.05, 0) is 56.0 Å². The van der Waals surface area contributed by atoms with Crippen LogP contribution in [0.5, 0.6) is 0 Å². The van der Waals surface area contributed by atoms with E-state index in [9.17, 15) is 18.0 Å². The lowest BCUT2D eigenvalue weighted by atomic mass is 10.1. The molecule has 2 N–H and O–H groups in total. The third-order valence-corrected chi connectivity index (χ3v) is 7.98. The smallest absolute Gasteiger partial charge is 0.379 e. The number of amides is 1. The summed E-state index contributed by atoms with van der Waals surface area (Å²) in [5, 5.41) is 5.97. The first kappa shape index (κ1) is 28.4. The molecule has 3 aliphatic rings. The lowest BCUT2D eigenvalue weighted by Gasteiger charge is -2.39. The monoisotopic (exact) mass is 561 g/mol. The maximum absolute atomic E-state index is 13.7. The van der Waals surface area contributed by atoms with Crippen molar-refractivity contribution in [1.29, 1.82) is 0 Å². The number of ether oxygens (including phenoxy) is 1. The molecule has 0 saturated carbocycles. The summed E-state index contributed by atoms with van der Waals surface area (Å²) in [7, 11) is 0. The number of nitrogens with zero attached hydrogens (tertiary/aromatic N) is 5. The predicted octanol–water partition coefficient (Wildman–Crippen LogP) is 4.14. The number of aromatic nitrogens is 2. The summed E-state index contributed by atoms with van der Waals surface area (Å²) in [5.74, 6) is -0.183. The normalized spacial score (nSPS) is 20.4. The number of carbonyl (C=O) groups is 1. The van der Waals surface area contributed by atoms with Crippen LogP contribution in [-0.4, -0.2) is 90.7 Å². The molecule has 12 heteroatoms. The molecule has 1 amide bonds. The molecule has 5 rings (SSSR count). The summed E-state index contributed by atoms with van der Waals surface area (Å²) in [4.78, 5) is 27.0. The van der Waals surface area contributed by atoms with Crippen LogP contribution in [0, 0.1) is 0 Å². The average molecular weight is 562 g/mol. The Labute approximate surface area is 233 Å². The number of benzene rings is 1. The van der Waals surface area contributed by atoms with E-state index in [1.165, 1.54) is 25.1 Å². The first-order chi connectivity index (χ1) is 19.3. The number of fused-ring (bicyclic) bond motifs is 1. The molecule has 218 valence electrons. The number of hydrogen-bond donors (Lipinski definition) is 2. The second-order valence-electron chi connectivity index (χ2n) is 10.6. The van der Waals surface area contributed by atoms with Crippen LogP contribution in [0.25, 0.3) is 0 Å². The molecule has 1 atom stereocenters. The lowest BCUT2D eigenvalue weighted by molar-refractivity contribution is -0.137. The number of alkyl halides is 3. The number of nitrogens with one attached hydrogen (secondary N) is 2. The van der Waals surface area contributed by atoms with Crippen molar-refractivity contribution in [2.45, 2.75) is 51.2 Å². The quantitative estimate of drug-likeness (QED) is 0.442. The van der Waals surface area contributed by atoms with Crippen molar-refractivity contribution >= 4 is 29.0 Å². The summed E-state index contributed by atoms with van der Waals surface area (Å²) < 4.78 is 46.5. The minimum atomic E-state index is -4.60. The molecule has 1 aromatic carbocycles. The Hall–Kier alpha value is -3.12. The molecule has 9 nitrogen and oxygen atoms in total. The molecule has 3 saturated heterocycles.